The largest absolute Gasteiger partial charge is 0.491 e. The maximum absolute atomic E-state index is 15.2. The fourth-order valence-electron chi connectivity index (χ4n) is 3.43. The van der Waals surface area contributed by atoms with Crippen LogP contribution in [0.3, 0.4) is 0 Å². The third-order valence-corrected chi connectivity index (χ3v) is 4.99. The van der Waals surface area contributed by atoms with E-state index in [4.69, 9.17) is 14.6 Å². The van der Waals surface area contributed by atoms with Crippen LogP contribution in [0.4, 0.5) is 24.7 Å². The number of carbonyl (C=O) groups excluding carboxylic acids is 1. The number of carboxylic acid groups (broad SMARTS) is 1. The van der Waals surface area contributed by atoms with Crippen molar-refractivity contribution in [2.75, 3.05) is 23.4 Å². The van der Waals surface area contributed by atoms with Crippen molar-refractivity contribution in [2.24, 2.45) is 0 Å². The summed E-state index contributed by atoms with van der Waals surface area (Å²) in [4.78, 5) is 27.1. The number of aliphatic carboxylic acids is 1. The molecule has 4 rings (SSSR count). The number of nitrogens with one attached hydrogen (secondary N) is 1. The average Bonchev–Trinajstić information content (AvgIpc) is 3.24. The van der Waals surface area contributed by atoms with Gasteiger partial charge in [0.25, 0.3) is 12.3 Å². The lowest BCUT2D eigenvalue weighted by atomic mass is 10.1. The highest BCUT2D eigenvalue weighted by atomic mass is 19.3. The van der Waals surface area contributed by atoms with E-state index >= 15 is 4.39 Å². The van der Waals surface area contributed by atoms with Crippen LogP contribution in [0.25, 0.3) is 11.4 Å². The lowest BCUT2D eigenvalue weighted by Gasteiger charge is -2.19. The second-order valence-electron chi connectivity index (χ2n) is 6.96. The van der Waals surface area contributed by atoms with Gasteiger partial charge in [-0.3, -0.25) is 14.3 Å². The highest BCUT2D eigenvalue weighted by Crippen LogP contribution is 2.39. The van der Waals surface area contributed by atoms with Crippen LogP contribution in [-0.4, -0.2) is 58.3 Å². The molecule has 1 fully saturated rings. The van der Waals surface area contributed by atoms with Crippen LogP contribution in [0.1, 0.15) is 6.92 Å². The minimum atomic E-state index is -2.91. The molecule has 0 amide bonds. The molecule has 2 atom stereocenters. The summed E-state index contributed by atoms with van der Waals surface area (Å²) in [6.07, 6.45) is -2.91. The summed E-state index contributed by atoms with van der Waals surface area (Å²) < 4.78 is 53.8. The quantitative estimate of drug-likeness (QED) is 0.684. The van der Waals surface area contributed by atoms with E-state index < -0.39 is 48.7 Å². The average molecular weight is 438 g/mol. The molecule has 1 aromatic heterocycles. The number of fused-ring (bicyclic) bond motifs is 3. The molecule has 0 bridgehead atoms. The lowest BCUT2D eigenvalue weighted by molar-refractivity contribution is -0.137. The normalized spacial score (nSPS) is 18.4. The molecule has 2 aliphatic heterocycles. The van der Waals surface area contributed by atoms with Gasteiger partial charge < -0.3 is 19.9 Å². The first-order valence-electron chi connectivity index (χ1n) is 9.29. The number of benzene rings is 1. The molecule has 31 heavy (non-hydrogen) atoms. The minimum Gasteiger partial charge on any atom is -0.491 e. The maximum atomic E-state index is 15.2. The summed E-state index contributed by atoms with van der Waals surface area (Å²) in [6.45, 7) is 1.06. The molecule has 2 aliphatic rings. The molecule has 1 aromatic carbocycles. The van der Waals surface area contributed by atoms with E-state index in [1.54, 1.807) is 18.2 Å². The fraction of sp³-hybridized carbons (Fsp3) is 0.368. The lowest BCUT2D eigenvalue weighted by Crippen LogP contribution is -2.37. The summed E-state index contributed by atoms with van der Waals surface area (Å²) in [6, 6.07) is 2.24. The van der Waals surface area contributed by atoms with E-state index in [1.807, 2.05) is 0 Å². The predicted molar refractivity (Wildman–Crippen MR) is 101 cm³/mol. The standard InChI is InChI=1S/C19H17F3N4O5/c1-9(19(28)29)23-10-2-3-11-13(6-10)30-5-4-25-16(22)18(24-17(11)25)26-12(15(20)21)8-31-14(26)7-27/h2-3,6,9,12,15,23H,4-5,8H2,1H3,(H,28,29)/t9?,12-/m0/s1. The molecule has 2 N–H and O–H groups in total. The summed E-state index contributed by atoms with van der Waals surface area (Å²) >= 11 is 0. The fourth-order valence-corrected chi connectivity index (χ4v) is 3.43. The zero-order chi connectivity index (χ0) is 22.3. The number of aromatic nitrogens is 2. The number of carboxylic acids is 1. The minimum absolute atomic E-state index is 0.0331. The van der Waals surface area contributed by atoms with Crippen molar-refractivity contribution in [1.82, 2.24) is 9.55 Å². The number of hydrogen-bond acceptors (Lipinski definition) is 7. The zero-order valence-electron chi connectivity index (χ0n) is 16.1. The van der Waals surface area contributed by atoms with Crippen molar-refractivity contribution in [1.29, 1.82) is 0 Å². The third-order valence-electron chi connectivity index (χ3n) is 4.99. The van der Waals surface area contributed by atoms with Gasteiger partial charge in [0.15, 0.2) is 11.8 Å². The first kappa shape index (κ1) is 20.6. The summed E-state index contributed by atoms with van der Waals surface area (Å²) in [5.41, 5.74) is 0.841. The van der Waals surface area contributed by atoms with E-state index in [-0.39, 0.29) is 19.0 Å². The molecule has 1 unspecified atom stereocenters. The molecule has 0 radical (unpaired) electrons. The van der Waals surface area contributed by atoms with E-state index in [0.717, 1.165) is 9.47 Å². The first-order valence-corrected chi connectivity index (χ1v) is 9.29. The van der Waals surface area contributed by atoms with Crippen molar-refractivity contribution >= 4 is 23.4 Å². The van der Waals surface area contributed by atoms with Gasteiger partial charge in [0.1, 0.15) is 36.9 Å². The Morgan fingerprint density at radius 2 is 2.16 bits per heavy atom. The summed E-state index contributed by atoms with van der Waals surface area (Å²) in [5.74, 6) is -1.15. The number of halogens is 3. The number of carbonyl (C=O) groups is 1. The van der Waals surface area contributed by atoms with Crippen molar-refractivity contribution in [2.45, 2.75) is 32.0 Å². The molecule has 0 spiro atoms. The highest BCUT2D eigenvalue weighted by molar-refractivity contribution is 5.78. The molecule has 12 heteroatoms. The van der Waals surface area contributed by atoms with Gasteiger partial charge in [-0.25, -0.2) is 18.6 Å². The van der Waals surface area contributed by atoms with Crippen LogP contribution < -0.4 is 15.0 Å². The van der Waals surface area contributed by atoms with Gasteiger partial charge in [-0.2, -0.15) is 4.39 Å². The van der Waals surface area contributed by atoms with Gasteiger partial charge in [-0.05, 0) is 19.1 Å². The van der Waals surface area contributed by atoms with Crippen LogP contribution >= 0.6 is 0 Å². The molecule has 1 saturated heterocycles. The topological polar surface area (TPSA) is 106 Å². The molecule has 2 aromatic rings. The Morgan fingerprint density at radius 1 is 1.39 bits per heavy atom. The SMILES string of the molecule is CC(Nc1ccc2c(c1)OCCn1c-2nc(N2C(=C=O)OC[C@H]2C(F)F)c1F)C(=O)O. The van der Waals surface area contributed by atoms with Crippen LogP contribution in [0.15, 0.2) is 24.1 Å². The summed E-state index contributed by atoms with van der Waals surface area (Å²) in [5, 5.41) is 11.8. The first-order chi connectivity index (χ1) is 14.8. The van der Waals surface area contributed by atoms with Gasteiger partial charge in [-0.1, -0.05) is 0 Å². The Bertz CT molecular complexity index is 1080. The molecular formula is C19H17F3N4O5. The zero-order valence-corrected chi connectivity index (χ0v) is 16.1. The molecule has 164 valence electrons. The monoisotopic (exact) mass is 438 g/mol. The molecule has 0 aliphatic carbocycles. The van der Waals surface area contributed by atoms with Gasteiger partial charge >= 0.3 is 5.97 Å². The van der Waals surface area contributed by atoms with Gasteiger partial charge in [0.2, 0.25) is 5.95 Å². The van der Waals surface area contributed by atoms with E-state index in [0.29, 0.717) is 17.0 Å². The maximum Gasteiger partial charge on any atom is 0.325 e. The number of hydrogen-bond donors (Lipinski definition) is 2. The van der Waals surface area contributed by atoms with Crippen LogP contribution in [-0.2, 0) is 20.9 Å². The number of alkyl halides is 2. The molecular weight excluding hydrogens is 421 g/mol. The van der Waals surface area contributed by atoms with Crippen LogP contribution in [0, 0.1) is 5.95 Å². The second kappa shape index (κ2) is 7.88. The number of rotatable bonds is 5. The Hall–Kier alpha value is -3.66. The smallest absolute Gasteiger partial charge is 0.325 e. The molecule has 0 saturated carbocycles. The number of nitrogens with zero attached hydrogens (tertiary/aromatic N) is 3. The van der Waals surface area contributed by atoms with Crippen LogP contribution in [0.5, 0.6) is 5.75 Å². The van der Waals surface area contributed by atoms with Crippen molar-refractivity contribution < 1.29 is 37.3 Å². The number of imidazole rings is 1. The van der Waals surface area contributed by atoms with Gasteiger partial charge in [-0.15, -0.1) is 0 Å². The number of ether oxygens (including phenoxy) is 2. The summed E-state index contributed by atoms with van der Waals surface area (Å²) in [7, 11) is 0. The predicted octanol–water partition coefficient (Wildman–Crippen LogP) is 2.11. The third kappa shape index (κ3) is 3.55. The Balaban J connectivity index is 1.76. The Morgan fingerprint density at radius 3 is 2.84 bits per heavy atom. The molecule has 3 heterocycles. The van der Waals surface area contributed by atoms with E-state index in [2.05, 4.69) is 10.3 Å². The van der Waals surface area contributed by atoms with E-state index in [1.165, 1.54) is 12.9 Å². The Kier molecular flexibility index (Phi) is 5.24. The number of anilines is 2. The van der Waals surface area contributed by atoms with Gasteiger partial charge in [0.05, 0.1) is 12.1 Å². The van der Waals surface area contributed by atoms with E-state index in [9.17, 15) is 18.4 Å². The van der Waals surface area contributed by atoms with Crippen molar-refractivity contribution in [3.63, 3.8) is 0 Å². The van der Waals surface area contributed by atoms with Crippen LogP contribution in [0.2, 0.25) is 0 Å². The van der Waals surface area contributed by atoms with Gasteiger partial charge in [0, 0.05) is 11.8 Å². The Labute approximate surface area is 173 Å². The van der Waals surface area contributed by atoms with Crippen molar-refractivity contribution in [3.05, 3.63) is 30.0 Å². The molecule has 9 nitrogen and oxygen atoms in total. The van der Waals surface area contributed by atoms with Crippen molar-refractivity contribution in [3.8, 4) is 17.1 Å². The highest BCUT2D eigenvalue weighted by Gasteiger charge is 2.42. The second-order valence-corrected chi connectivity index (χ2v) is 6.96.